The number of piperazine rings is 1. The third-order valence-corrected chi connectivity index (χ3v) is 4.87. The number of aryl methyl sites for hydroxylation is 2. The van der Waals surface area contributed by atoms with Crippen LogP contribution in [0.5, 0.6) is 0 Å². The first-order valence-corrected chi connectivity index (χ1v) is 8.60. The SMILES string of the molecule is CCc1noc([C@@H](C)N2CCN(c3nnc(C)c(C)c3C#N)CC2)n1. The number of nitriles is 1. The minimum Gasteiger partial charge on any atom is -0.351 e. The van der Waals surface area contributed by atoms with E-state index >= 15 is 0 Å². The lowest BCUT2D eigenvalue weighted by Gasteiger charge is -2.37. The molecule has 0 saturated carbocycles. The normalized spacial score (nSPS) is 16.7. The van der Waals surface area contributed by atoms with E-state index in [0.717, 1.165) is 49.7 Å². The molecule has 132 valence electrons. The predicted molar refractivity (Wildman–Crippen MR) is 92.1 cm³/mol. The van der Waals surface area contributed by atoms with E-state index in [1.807, 2.05) is 20.8 Å². The molecule has 8 heteroatoms. The zero-order chi connectivity index (χ0) is 18.0. The molecule has 0 aliphatic carbocycles. The quantitative estimate of drug-likeness (QED) is 0.830. The van der Waals surface area contributed by atoms with Crippen LogP contribution in [0.3, 0.4) is 0 Å². The summed E-state index contributed by atoms with van der Waals surface area (Å²) in [7, 11) is 0. The molecular weight excluding hydrogens is 318 g/mol. The van der Waals surface area contributed by atoms with Crippen molar-refractivity contribution in [1.29, 1.82) is 5.26 Å². The van der Waals surface area contributed by atoms with Crippen LogP contribution in [-0.2, 0) is 6.42 Å². The van der Waals surface area contributed by atoms with Gasteiger partial charge < -0.3 is 9.42 Å². The molecule has 1 aliphatic rings. The largest absolute Gasteiger partial charge is 0.351 e. The van der Waals surface area contributed by atoms with Gasteiger partial charge in [0.15, 0.2) is 11.6 Å². The van der Waals surface area contributed by atoms with Crippen LogP contribution in [0.1, 0.15) is 48.4 Å². The second-order valence-electron chi connectivity index (χ2n) is 6.32. The van der Waals surface area contributed by atoms with Crippen molar-refractivity contribution >= 4 is 5.82 Å². The zero-order valence-corrected chi connectivity index (χ0v) is 15.2. The molecule has 3 heterocycles. The highest BCUT2D eigenvalue weighted by atomic mass is 16.5. The lowest BCUT2D eigenvalue weighted by Crippen LogP contribution is -2.47. The van der Waals surface area contributed by atoms with Gasteiger partial charge in [0.2, 0.25) is 5.89 Å². The predicted octanol–water partition coefficient (Wildman–Crippen LogP) is 1.79. The fourth-order valence-corrected chi connectivity index (χ4v) is 3.01. The van der Waals surface area contributed by atoms with E-state index in [-0.39, 0.29) is 6.04 Å². The maximum atomic E-state index is 9.49. The summed E-state index contributed by atoms with van der Waals surface area (Å²) in [6.45, 7) is 11.1. The number of rotatable bonds is 4. The fraction of sp³-hybridized carbons (Fsp3) is 0.588. The van der Waals surface area contributed by atoms with E-state index in [1.54, 1.807) is 0 Å². The molecule has 25 heavy (non-hydrogen) atoms. The first-order chi connectivity index (χ1) is 12.0. The van der Waals surface area contributed by atoms with Crippen LogP contribution >= 0.6 is 0 Å². The standard InChI is InChI=1S/C17H23N7O/c1-5-15-19-17(25-22-15)13(4)23-6-8-24(9-7-23)16-14(10-18)11(2)12(3)20-21-16/h13H,5-9H2,1-4H3/t13-/m1/s1. The Bertz CT molecular complexity index is 787. The van der Waals surface area contributed by atoms with Gasteiger partial charge in [-0.1, -0.05) is 12.1 Å². The Labute approximate surface area is 147 Å². The van der Waals surface area contributed by atoms with Crippen LogP contribution in [0.4, 0.5) is 5.82 Å². The van der Waals surface area contributed by atoms with Crippen LogP contribution in [0.25, 0.3) is 0 Å². The van der Waals surface area contributed by atoms with Gasteiger partial charge >= 0.3 is 0 Å². The maximum absolute atomic E-state index is 9.49. The van der Waals surface area contributed by atoms with Gasteiger partial charge in [-0.2, -0.15) is 15.3 Å². The molecule has 1 aliphatic heterocycles. The van der Waals surface area contributed by atoms with Gasteiger partial charge in [0, 0.05) is 32.6 Å². The summed E-state index contributed by atoms with van der Waals surface area (Å²) in [4.78, 5) is 8.87. The molecule has 2 aromatic rings. The van der Waals surface area contributed by atoms with Crippen molar-refractivity contribution in [3.63, 3.8) is 0 Å². The van der Waals surface area contributed by atoms with Gasteiger partial charge in [0.05, 0.1) is 11.7 Å². The highest BCUT2D eigenvalue weighted by molar-refractivity contribution is 5.57. The van der Waals surface area contributed by atoms with E-state index in [0.29, 0.717) is 17.3 Å². The van der Waals surface area contributed by atoms with Crippen LogP contribution in [-0.4, -0.2) is 51.4 Å². The van der Waals surface area contributed by atoms with Crippen LogP contribution in [0.15, 0.2) is 4.52 Å². The summed E-state index contributed by atoms with van der Waals surface area (Å²) in [5.41, 5.74) is 2.33. The Morgan fingerprint density at radius 1 is 1.20 bits per heavy atom. The summed E-state index contributed by atoms with van der Waals surface area (Å²) in [5.74, 6) is 2.09. The third kappa shape index (κ3) is 3.33. The summed E-state index contributed by atoms with van der Waals surface area (Å²) < 4.78 is 5.37. The van der Waals surface area contributed by atoms with Crippen molar-refractivity contribution < 1.29 is 4.52 Å². The molecule has 0 N–H and O–H groups in total. The highest BCUT2D eigenvalue weighted by Crippen LogP contribution is 2.25. The molecule has 1 saturated heterocycles. The Morgan fingerprint density at radius 3 is 2.52 bits per heavy atom. The molecule has 0 spiro atoms. The smallest absolute Gasteiger partial charge is 0.243 e. The van der Waals surface area contributed by atoms with Crippen molar-refractivity contribution in [2.75, 3.05) is 31.1 Å². The average molecular weight is 341 g/mol. The molecule has 1 fully saturated rings. The van der Waals surface area contributed by atoms with Crippen molar-refractivity contribution in [2.24, 2.45) is 0 Å². The molecule has 2 aromatic heterocycles. The second-order valence-corrected chi connectivity index (χ2v) is 6.32. The molecule has 0 aromatic carbocycles. The lowest BCUT2D eigenvalue weighted by molar-refractivity contribution is 0.164. The van der Waals surface area contributed by atoms with Gasteiger partial charge in [0.1, 0.15) is 11.6 Å². The summed E-state index contributed by atoms with van der Waals surface area (Å²) in [6, 6.07) is 2.36. The third-order valence-electron chi connectivity index (χ3n) is 4.87. The average Bonchev–Trinajstić information content (AvgIpc) is 3.12. The first kappa shape index (κ1) is 17.3. The van der Waals surface area contributed by atoms with Crippen LogP contribution in [0.2, 0.25) is 0 Å². The minimum atomic E-state index is 0.0798. The lowest BCUT2D eigenvalue weighted by atomic mass is 10.1. The van der Waals surface area contributed by atoms with Crippen molar-refractivity contribution in [1.82, 2.24) is 25.2 Å². The van der Waals surface area contributed by atoms with E-state index in [9.17, 15) is 5.26 Å². The van der Waals surface area contributed by atoms with Gasteiger partial charge in [-0.15, -0.1) is 5.10 Å². The Hall–Kier alpha value is -2.53. The van der Waals surface area contributed by atoms with Gasteiger partial charge in [-0.05, 0) is 26.3 Å². The summed E-state index contributed by atoms with van der Waals surface area (Å²) in [5, 5.41) is 21.9. The Balaban J connectivity index is 1.70. The summed E-state index contributed by atoms with van der Waals surface area (Å²) in [6.07, 6.45) is 0.770. The van der Waals surface area contributed by atoms with Gasteiger partial charge in [-0.3, -0.25) is 4.90 Å². The zero-order valence-electron chi connectivity index (χ0n) is 15.2. The first-order valence-electron chi connectivity index (χ1n) is 8.60. The maximum Gasteiger partial charge on any atom is 0.243 e. The highest BCUT2D eigenvalue weighted by Gasteiger charge is 2.27. The number of anilines is 1. The molecule has 1 atom stereocenters. The topological polar surface area (TPSA) is 95.0 Å². The second kappa shape index (κ2) is 7.15. The number of aromatic nitrogens is 4. The van der Waals surface area contributed by atoms with Gasteiger partial charge in [-0.25, -0.2) is 0 Å². The number of hydrogen-bond acceptors (Lipinski definition) is 8. The van der Waals surface area contributed by atoms with E-state index < -0.39 is 0 Å². The van der Waals surface area contributed by atoms with E-state index in [1.165, 1.54) is 0 Å². The molecule has 0 amide bonds. The van der Waals surface area contributed by atoms with Crippen molar-refractivity contribution in [3.05, 3.63) is 28.5 Å². The monoisotopic (exact) mass is 341 g/mol. The van der Waals surface area contributed by atoms with Crippen molar-refractivity contribution in [2.45, 2.75) is 40.2 Å². The molecule has 0 unspecified atom stereocenters. The molecule has 3 rings (SSSR count). The van der Waals surface area contributed by atoms with Crippen molar-refractivity contribution in [3.8, 4) is 6.07 Å². The molecular formula is C17H23N7O. The number of nitrogens with zero attached hydrogens (tertiary/aromatic N) is 7. The van der Waals surface area contributed by atoms with E-state index in [4.69, 9.17) is 4.52 Å². The Kier molecular flexibility index (Phi) is 4.95. The van der Waals surface area contributed by atoms with Crippen LogP contribution in [0, 0.1) is 25.2 Å². The summed E-state index contributed by atoms with van der Waals surface area (Å²) >= 11 is 0. The minimum absolute atomic E-state index is 0.0798. The molecule has 0 radical (unpaired) electrons. The van der Waals surface area contributed by atoms with Crippen LogP contribution < -0.4 is 4.90 Å². The number of hydrogen-bond donors (Lipinski definition) is 0. The van der Waals surface area contributed by atoms with Gasteiger partial charge in [0.25, 0.3) is 0 Å². The van der Waals surface area contributed by atoms with E-state index in [2.05, 4.69) is 43.1 Å². The molecule has 0 bridgehead atoms. The fourth-order valence-electron chi connectivity index (χ4n) is 3.01. The molecule has 8 nitrogen and oxygen atoms in total. The Morgan fingerprint density at radius 2 is 1.92 bits per heavy atom.